The van der Waals surface area contributed by atoms with Gasteiger partial charge in [0.05, 0.1) is 34.9 Å². The molecule has 0 aliphatic heterocycles. The zero-order chi connectivity index (χ0) is 18.3. The second kappa shape index (κ2) is 6.53. The Balaban J connectivity index is 1.67. The van der Waals surface area contributed by atoms with E-state index >= 15 is 0 Å². The van der Waals surface area contributed by atoms with E-state index in [2.05, 4.69) is 28.0 Å². The van der Waals surface area contributed by atoms with Gasteiger partial charge in [0.2, 0.25) is 0 Å². The van der Waals surface area contributed by atoms with E-state index in [1.807, 2.05) is 29.9 Å². The molecular weight excluding hydrogens is 328 g/mol. The minimum absolute atomic E-state index is 0.263. The highest BCUT2D eigenvalue weighted by Gasteiger charge is 2.26. The average molecular weight is 350 g/mol. The van der Waals surface area contributed by atoms with Gasteiger partial charge in [-0.1, -0.05) is 12.1 Å². The maximum absolute atomic E-state index is 11.5. The van der Waals surface area contributed by atoms with E-state index in [-0.39, 0.29) is 11.6 Å². The number of rotatable bonds is 4. The number of nitrogens with zero attached hydrogens (tertiary/aromatic N) is 4. The van der Waals surface area contributed by atoms with Gasteiger partial charge in [-0.15, -0.1) is 0 Å². The number of hydrogen-bond acceptors (Lipinski definition) is 4. The summed E-state index contributed by atoms with van der Waals surface area (Å²) in [6.07, 6.45) is 5.17. The third kappa shape index (κ3) is 2.76. The smallest absolute Gasteiger partial charge is 0.337 e. The summed E-state index contributed by atoms with van der Waals surface area (Å²) in [5, 5.41) is 9.45. The van der Waals surface area contributed by atoms with Crippen LogP contribution in [0.25, 0.3) is 11.0 Å². The van der Waals surface area contributed by atoms with E-state index in [9.17, 15) is 9.90 Å². The van der Waals surface area contributed by atoms with Crippen LogP contribution in [0.15, 0.2) is 36.5 Å². The van der Waals surface area contributed by atoms with Crippen LogP contribution in [-0.2, 0) is 20.0 Å². The molecule has 134 valence electrons. The number of pyridine rings is 1. The lowest BCUT2D eigenvalue weighted by atomic mass is 9.91. The van der Waals surface area contributed by atoms with Crippen LogP contribution in [0.4, 0.5) is 0 Å². The van der Waals surface area contributed by atoms with Gasteiger partial charge in [0.25, 0.3) is 0 Å². The van der Waals surface area contributed by atoms with E-state index in [1.54, 1.807) is 12.1 Å². The highest BCUT2D eigenvalue weighted by molar-refractivity contribution is 6.01. The Bertz CT molecular complexity index is 979. The molecule has 0 saturated heterocycles. The summed E-state index contributed by atoms with van der Waals surface area (Å²) in [6, 6.07) is 9.66. The molecule has 1 atom stereocenters. The molecule has 0 spiro atoms. The number of carboxylic acid groups (broad SMARTS) is 1. The van der Waals surface area contributed by atoms with Crippen LogP contribution in [0.2, 0.25) is 0 Å². The molecule has 1 aliphatic rings. The molecule has 6 nitrogen and oxygen atoms in total. The molecular formula is C20H22N4O2. The molecule has 26 heavy (non-hydrogen) atoms. The van der Waals surface area contributed by atoms with Crippen molar-refractivity contribution in [2.24, 2.45) is 7.05 Å². The van der Waals surface area contributed by atoms with Gasteiger partial charge in [0.1, 0.15) is 5.82 Å². The Kier molecular flexibility index (Phi) is 4.20. The number of para-hydroxylation sites is 1. The van der Waals surface area contributed by atoms with Gasteiger partial charge in [-0.25, -0.2) is 9.78 Å². The highest BCUT2D eigenvalue weighted by Crippen LogP contribution is 2.33. The van der Waals surface area contributed by atoms with E-state index < -0.39 is 5.97 Å². The summed E-state index contributed by atoms with van der Waals surface area (Å²) in [4.78, 5) is 23.1. The second-order valence-corrected chi connectivity index (χ2v) is 6.94. The molecule has 4 rings (SSSR count). The molecule has 0 amide bonds. The number of benzene rings is 1. The van der Waals surface area contributed by atoms with E-state index in [0.717, 1.165) is 36.3 Å². The Morgan fingerprint density at radius 3 is 3.00 bits per heavy atom. The normalized spacial score (nSPS) is 16.8. The lowest BCUT2D eigenvalue weighted by Gasteiger charge is -2.32. The monoisotopic (exact) mass is 350 g/mol. The van der Waals surface area contributed by atoms with Gasteiger partial charge in [-0.05, 0) is 50.1 Å². The minimum atomic E-state index is -0.927. The van der Waals surface area contributed by atoms with Crippen LogP contribution in [0.5, 0.6) is 0 Å². The van der Waals surface area contributed by atoms with Gasteiger partial charge >= 0.3 is 5.97 Å². The quantitative estimate of drug-likeness (QED) is 0.782. The maximum atomic E-state index is 11.5. The Labute approximate surface area is 152 Å². The third-order valence-corrected chi connectivity index (χ3v) is 5.31. The zero-order valence-corrected chi connectivity index (χ0v) is 15.0. The number of hydrogen-bond donors (Lipinski definition) is 1. The van der Waals surface area contributed by atoms with Crippen molar-refractivity contribution in [2.45, 2.75) is 31.8 Å². The molecule has 1 unspecified atom stereocenters. The zero-order valence-electron chi connectivity index (χ0n) is 15.0. The van der Waals surface area contributed by atoms with Crippen LogP contribution in [0.3, 0.4) is 0 Å². The van der Waals surface area contributed by atoms with Crippen molar-refractivity contribution < 1.29 is 9.90 Å². The lowest BCUT2D eigenvalue weighted by Crippen LogP contribution is -2.29. The average Bonchev–Trinajstić information content (AvgIpc) is 2.97. The Morgan fingerprint density at radius 1 is 1.35 bits per heavy atom. The first-order valence-corrected chi connectivity index (χ1v) is 8.88. The molecule has 1 N–H and O–H groups in total. The summed E-state index contributed by atoms with van der Waals surface area (Å²) in [6.45, 7) is 0.644. The van der Waals surface area contributed by atoms with Crippen molar-refractivity contribution >= 4 is 17.0 Å². The van der Waals surface area contributed by atoms with Crippen molar-refractivity contribution in [1.29, 1.82) is 0 Å². The van der Waals surface area contributed by atoms with Gasteiger partial charge in [-0.2, -0.15) is 0 Å². The van der Waals surface area contributed by atoms with Crippen molar-refractivity contribution in [2.75, 3.05) is 7.05 Å². The molecule has 0 bridgehead atoms. The fourth-order valence-corrected chi connectivity index (χ4v) is 3.98. The van der Waals surface area contributed by atoms with E-state index in [4.69, 9.17) is 0 Å². The maximum Gasteiger partial charge on any atom is 0.337 e. The third-order valence-electron chi connectivity index (χ3n) is 5.31. The van der Waals surface area contributed by atoms with Crippen LogP contribution in [-0.4, -0.2) is 37.6 Å². The van der Waals surface area contributed by atoms with Crippen molar-refractivity contribution in [1.82, 2.24) is 19.4 Å². The van der Waals surface area contributed by atoms with Crippen LogP contribution in [0, 0.1) is 0 Å². The van der Waals surface area contributed by atoms with E-state index in [0.29, 0.717) is 12.1 Å². The lowest BCUT2D eigenvalue weighted by molar-refractivity contribution is 0.0698. The van der Waals surface area contributed by atoms with Crippen molar-refractivity contribution in [3.63, 3.8) is 0 Å². The molecule has 3 aromatic rings. The number of carbonyl (C=O) groups is 1. The van der Waals surface area contributed by atoms with Gasteiger partial charge in [0, 0.05) is 13.2 Å². The molecule has 0 saturated carbocycles. The number of aromatic carboxylic acids is 1. The van der Waals surface area contributed by atoms with Crippen molar-refractivity contribution in [3.05, 3.63) is 59.2 Å². The first kappa shape index (κ1) is 16.7. The minimum Gasteiger partial charge on any atom is -0.478 e. The Hall–Kier alpha value is -2.73. The molecule has 2 aromatic heterocycles. The number of aryl methyl sites for hydroxylation is 2. The molecule has 0 fully saturated rings. The van der Waals surface area contributed by atoms with Gasteiger partial charge < -0.3 is 9.67 Å². The SMILES string of the molecule is CN(Cc1nc2cccc(C(=O)O)c2n1C)C1CCCc2cccnc21. The topological polar surface area (TPSA) is 71.2 Å². The standard InChI is InChI=1S/C20H22N4O2/c1-23(16-10-3-6-13-7-5-11-21-18(13)16)12-17-22-15-9-4-8-14(20(25)26)19(15)24(17)2/h4-5,7-9,11,16H,3,6,10,12H2,1-2H3,(H,25,26). The highest BCUT2D eigenvalue weighted by atomic mass is 16.4. The van der Waals surface area contributed by atoms with Gasteiger partial charge in [-0.3, -0.25) is 9.88 Å². The van der Waals surface area contributed by atoms with E-state index in [1.165, 1.54) is 5.56 Å². The second-order valence-electron chi connectivity index (χ2n) is 6.94. The largest absolute Gasteiger partial charge is 0.478 e. The predicted octanol–water partition coefficient (Wildman–Crippen LogP) is 3.18. The Morgan fingerprint density at radius 2 is 2.19 bits per heavy atom. The predicted molar refractivity (Wildman–Crippen MR) is 99.1 cm³/mol. The fraction of sp³-hybridized carbons (Fsp3) is 0.350. The summed E-state index contributed by atoms with van der Waals surface area (Å²) in [5.41, 5.74) is 4.17. The number of carboxylic acids is 1. The van der Waals surface area contributed by atoms with Crippen LogP contribution in [0.1, 0.15) is 46.3 Å². The van der Waals surface area contributed by atoms with Gasteiger partial charge in [0.15, 0.2) is 0 Å². The van der Waals surface area contributed by atoms with Crippen molar-refractivity contribution in [3.8, 4) is 0 Å². The van der Waals surface area contributed by atoms with Crippen LogP contribution >= 0.6 is 0 Å². The first-order chi connectivity index (χ1) is 12.6. The molecule has 1 aromatic carbocycles. The number of aromatic nitrogens is 3. The first-order valence-electron chi connectivity index (χ1n) is 8.88. The summed E-state index contributed by atoms with van der Waals surface area (Å²) >= 11 is 0. The fourth-order valence-electron chi connectivity index (χ4n) is 3.98. The molecule has 6 heteroatoms. The molecule has 1 aliphatic carbocycles. The summed E-state index contributed by atoms with van der Waals surface area (Å²) in [5.74, 6) is -0.0665. The number of imidazole rings is 1. The summed E-state index contributed by atoms with van der Waals surface area (Å²) < 4.78 is 1.90. The summed E-state index contributed by atoms with van der Waals surface area (Å²) in [7, 11) is 3.98. The molecule has 0 radical (unpaired) electrons. The molecule has 2 heterocycles. The van der Waals surface area contributed by atoms with Crippen LogP contribution < -0.4 is 0 Å². The number of fused-ring (bicyclic) bond motifs is 2.